The van der Waals surface area contributed by atoms with Gasteiger partial charge in [-0.25, -0.2) is 17.6 Å². The van der Waals surface area contributed by atoms with Crippen LogP contribution in [0, 0.1) is 23.3 Å². The molecule has 2 rings (SSSR count). The standard InChI is InChI=1S/C15H12BrF4N/c1-2-21-15(8-3-5-10(17)12(19)7-8)13-11(18)6-4-9(16)14(13)20/h3-7,15,21H,2H2,1H3. The Bertz CT molecular complexity index is 660. The highest BCUT2D eigenvalue weighted by Gasteiger charge is 2.23. The van der Waals surface area contributed by atoms with E-state index in [2.05, 4.69) is 21.2 Å². The second kappa shape index (κ2) is 6.58. The molecular weight excluding hydrogens is 350 g/mol. The van der Waals surface area contributed by atoms with Crippen LogP contribution in [0.25, 0.3) is 0 Å². The first kappa shape index (κ1) is 16.0. The molecule has 2 aromatic rings. The molecule has 1 atom stereocenters. The Labute approximate surface area is 128 Å². The van der Waals surface area contributed by atoms with Crippen molar-refractivity contribution in [2.24, 2.45) is 0 Å². The van der Waals surface area contributed by atoms with Crippen LogP contribution in [-0.4, -0.2) is 6.54 Å². The first-order valence-electron chi connectivity index (χ1n) is 6.27. The van der Waals surface area contributed by atoms with Gasteiger partial charge in [0, 0.05) is 5.56 Å². The van der Waals surface area contributed by atoms with Crippen LogP contribution in [0.2, 0.25) is 0 Å². The highest BCUT2D eigenvalue weighted by Crippen LogP contribution is 2.31. The van der Waals surface area contributed by atoms with Gasteiger partial charge < -0.3 is 5.32 Å². The third-order valence-electron chi connectivity index (χ3n) is 3.05. The molecule has 0 heterocycles. The first-order chi connectivity index (χ1) is 9.95. The average molecular weight is 362 g/mol. The average Bonchev–Trinajstić information content (AvgIpc) is 2.45. The summed E-state index contributed by atoms with van der Waals surface area (Å²) in [5.41, 5.74) is 0.00360. The van der Waals surface area contributed by atoms with Crippen LogP contribution in [0.15, 0.2) is 34.8 Å². The van der Waals surface area contributed by atoms with E-state index in [9.17, 15) is 17.6 Å². The molecule has 0 aliphatic heterocycles. The van der Waals surface area contributed by atoms with Crippen molar-refractivity contribution < 1.29 is 17.6 Å². The van der Waals surface area contributed by atoms with Crippen LogP contribution in [0.1, 0.15) is 24.1 Å². The van der Waals surface area contributed by atoms with Gasteiger partial charge in [-0.1, -0.05) is 13.0 Å². The molecule has 0 aromatic heterocycles. The van der Waals surface area contributed by atoms with Crippen molar-refractivity contribution >= 4 is 15.9 Å². The summed E-state index contributed by atoms with van der Waals surface area (Å²) >= 11 is 2.99. The van der Waals surface area contributed by atoms with Crippen molar-refractivity contribution in [2.45, 2.75) is 13.0 Å². The summed E-state index contributed by atoms with van der Waals surface area (Å²) in [6, 6.07) is 4.62. The van der Waals surface area contributed by atoms with Gasteiger partial charge in [-0.05, 0) is 52.3 Å². The molecule has 1 nitrogen and oxygen atoms in total. The van der Waals surface area contributed by atoms with Gasteiger partial charge in [0.15, 0.2) is 11.6 Å². The Morgan fingerprint density at radius 1 is 1.00 bits per heavy atom. The summed E-state index contributed by atoms with van der Waals surface area (Å²) in [6.07, 6.45) is 0. The zero-order valence-corrected chi connectivity index (χ0v) is 12.6. The molecule has 0 amide bonds. The minimum Gasteiger partial charge on any atom is -0.306 e. The summed E-state index contributed by atoms with van der Waals surface area (Å²) in [6.45, 7) is 2.15. The van der Waals surface area contributed by atoms with E-state index in [1.165, 1.54) is 12.1 Å². The predicted octanol–water partition coefficient (Wildman–Crippen LogP) is 4.70. The molecule has 0 radical (unpaired) electrons. The monoisotopic (exact) mass is 361 g/mol. The number of hydrogen-bond acceptors (Lipinski definition) is 1. The Morgan fingerprint density at radius 3 is 2.29 bits per heavy atom. The van der Waals surface area contributed by atoms with Crippen LogP contribution >= 0.6 is 15.9 Å². The smallest absolute Gasteiger partial charge is 0.159 e. The molecular formula is C15H12BrF4N. The number of benzene rings is 2. The van der Waals surface area contributed by atoms with Crippen molar-refractivity contribution in [3.8, 4) is 0 Å². The molecule has 0 saturated carbocycles. The molecule has 1 unspecified atom stereocenters. The van der Waals surface area contributed by atoms with Crippen LogP contribution in [0.5, 0.6) is 0 Å². The van der Waals surface area contributed by atoms with E-state index in [0.717, 1.165) is 18.2 Å². The lowest BCUT2D eigenvalue weighted by Gasteiger charge is -2.21. The van der Waals surface area contributed by atoms with Gasteiger partial charge in [-0.15, -0.1) is 0 Å². The van der Waals surface area contributed by atoms with Gasteiger partial charge >= 0.3 is 0 Å². The Kier molecular flexibility index (Phi) is 5.00. The molecule has 6 heteroatoms. The fourth-order valence-corrected chi connectivity index (χ4v) is 2.44. The van der Waals surface area contributed by atoms with Crippen LogP contribution in [-0.2, 0) is 0 Å². The molecule has 0 spiro atoms. The van der Waals surface area contributed by atoms with Gasteiger partial charge in [0.25, 0.3) is 0 Å². The van der Waals surface area contributed by atoms with E-state index in [1.54, 1.807) is 6.92 Å². The molecule has 21 heavy (non-hydrogen) atoms. The van der Waals surface area contributed by atoms with E-state index >= 15 is 0 Å². The second-order valence-corrected chi connectivity index (χ2v) is 5.28. The van der Waals surface area contributed by atoms with Gasteiger partial charge in [0.2, 0.25) is 0 Å². The number of rotatable bonds is 4. The molecule has 0 aliphatic rings. The summed E-state index contributed by atoms with van der Waals surface area (Å²) < 4.78 is 54.7. The molecule has 0 aliphatic carbocycles. The molecule has 0 bridgehead atoms. The van der Waals surface area contributed by atoms with E-state index in [-0.39, 0.29) is 15.6 Å². The van der Waals surface area contributed by atoms with Crippen LogP contribution in [0.3, 0.4) is 0 Å². The SMILES string of the molecule is CCNC(c1ccc(F)c(F)c1)c1c(F)ccc(Br)c1F. The maximum atomic E-state index is 14.2. The topological polar surface area (TPSA) is 12.0 Å². The molecule has 2 aromatic carbocycles. The van der Waals surface area contributed by atoms with Crippen molar-refractivity contribution in [3.63, 3.8) is 0 Å². The summed E-state index contributed by atoms with van der Waals surface area (Å²) in [5, 5.41) is 2.88. The lowest BCUT2D eigenvalue weighted by atomic mass is 9.97. The van der Waals surface area contributed by atoms with Crippen molar-refractivity contribution in [1.29, 1.82) is 0 Å². The maximum Gasteiger partial charge on any atom is 0.159 e. The number of nitrogens with one attached hydrogen (secondary N) is 1. The lowest BCUT2D eigenvalue weighted by molar-refractivity contribution is 0.492. The molecule has 112 valence electrons. The van der Waals surface area contributed by atoms with Crippen LogP contribution < -0.4 is 5.32 Å². The minimum atomic E-state index is -1.06. The third-order valence-corrected chi connectivity index (χ3v) is 3.67. The highest BCUT2D eigenvalue weighted by molar-refractivity contribution is 9.10. The molecule has 0 fully saturated rings. The summed E-state index contributed by atoms with van der Waals surface area (Å²) in [5.74, 6) is -3.60. The summed E-state index contributed by atoms with van der Waals surface area (Å²) in [4.78, 5) is 0. The van der Waals surface area contributed by atoms with Gasteiger partial charge in [-0.2, -0.15) is 0 Å². The van der Waals surface area contributed by atoms with E-state index < -0.39 is 29.3 Å². The molecule has 1 N–H and O–H groups in total. The minimum absolute atomic E-state index is 0.101. The van der Waals surface area contributed by atoms with Gasteiger partial charge in [0.05, 0.1) is 10.5 Å². The van der Waals surface area contributed by atoms with E-state index in [1.807, 2.05) is 0 Å². The highest BCUT2D eigenvalue weighted by atomic mass is 79.9. The first-order valence-corrected chi connectivity index (χ1v) is 7.06. The summed E-state index contributed by atoms with van der Waals surface area (Å²) in [7, 11) is 0. The number of hydrogen-bond donors (Lipinski definition) is 1. The van der Waals surface area contributed by atoms with E-state index in [4.69, 9.17) is 0 Å². The molecule has 0 saturated heterocycles. The Morgan fingerprint density at radius 2 is 1.67 bits per heavy atom. The predicted molar refractivity (Wildman–Crippen MR) is 75.9 cm³/mol. The fourth-order valence-electron chi connectivity index (χ4n) is 2.09. The largest absolute Gasteiger partial charge is 0.306 e. The third kappa shape index (κ3) is 3.27. The second-order valence-electron chi connectivity index (χ2n) is 4.42. The van der Waals surface area contributed by atoms with Gasteiger partial charge in [-0.3, -0.25) is 0 Å². The lowest BCUT2D eigenvalue weighted by Crippen LogP contribution is -2.24. The maximum absolute atomic E-state index is 14.2. The Balaban J connectivity index is 2.58. The van der Waals surface area contributed by atoms with E-state index in [0.29, 0.717) is 6.54 Å². The zero-order chi connectivity index (χ0) is 15.6. The van der Waals surface area contributed by atoms with Crippen molar-refractivity contribution in [3.05, 3.63) is 69.2 Å². The Hall–Kier alpha value is -1.40. The van der Waals surface area contributed by atoms with Crippen LogP contribution in [0.4, 0.5) is 17.6 Å². The number of halogens is 5. The zero-order valence-electron chi connectivity index (χ0n) is 11.1. The normalized spacial score (nSPS) is 12.5. The van der Waals surface area contributed by atoms with Gasteiger partial charge in [0.1, 0.15) is 11.6 Å². The fraction of sp³-hybridized carbons (Fsp3) is 0.200. The quantitative estimate of drug-likeness (QED) is 0.614. The van der Waals surface area contributed by atoms with Crippen molar-refractivity contribution in [1.82, 2.24) is 5.32 Å². The van der Waals surface area contributed by atoms with Crippen molar-refractivity contribution in [2.75, 3.05) is 6.54 Å².